The zero-order chi connectivity index (χ0) is 32.8. The van der Waals surface area contributed by atoms with Crippen LogP contribution in [0, 0.1) is 5.92 Å². The van der Waals surface area contributed by atoms with Gasteiger partial charge in [-0.1, -0.05) is 12.1 Å². The molecule has 4 aliphatic heterocycles. The lowest BCUT2D eigenvalue weighted by atomic mass is 9.83. The molecule has 4 aromatic rings. The van der Waals surface area contributed by atoms with E-state index in [1.165, 1.54) is 12.1 Å². The van der Waals surface area contributed by atoms with Crippen LogP contribution in [0.2, 0.25) is 0 Å². The van der Waals surface area contributed by atoms with E-state index < -0.39 is 10.0 Å². The first-order valence-corrected chi connectivity index (χ1v) is 17.8. The van der Waals surface area contributed by atoms with Gasteiger partial charge in [-0.05, 0) is 60.9 Å². The Balaban J connectivity index is 1.10. The zero-order valence-electron chi connectivity index (χ0n) is 26.3. The smallest absolute Gasteiger partial charge is 0.262 e. The van der Waals surface area contributed by atoms with Crippen molar-refractivity contribution in [3.63, 3.8) is 0 Å². The molecule has 48 heavy (non-hydrogen) atoms. The SMILES string of the molecule is O=C(c1ccc(N2CC3CC(C2)c2cccc(=O)n2C3)c(NS(=O)(=O)c2ccc3c(c2)OCCO3)c1)N1CCN(c2ccccn2)CC1. The van der Waals surface area contributed by atoms with Crippen molar-refractivity contribution in [1.82, 2.24) is 14.5 Å². The molecule has 2 aromatic carbocycles. The first-order valence-electron chi connectivity index (χ1n) is 16.3. The molecule has 12 nitrogen and oxygen atoms in total. The van der Waals surface area contributed by atoms with Crippen molar-refractivity contribution >= 4 is 33.1 Å². The third kappa shape index (κ3) is 5.72. The van der Waals surface area contributed by atoms with Gasteiger partial charge in [0.1, 0.15) is 19.0 Å². The molecule has 0 aliphatic carbocycles. The quantitative estimate of drug-likeness (QED) is 0.329. The minimum Gasteiger partial charge on any atom is -0.486 e. The van der Waals surface area contributed by atoms with Crippen LogP contribution in [0.15, 0.2) is 88.7 Å². The van der Waals surface area contributed by atoms with E-state index in [4.69, 9.17) is 9.47 Å². The molecular weight excluding hydrogens is 632 g/mol. The number of nitrogens with one attached hydrogen (secondary N) is 1. The molecular formula is C35H36N6O6S. The van der Waals surface area contributed by atoms with E-state index in [0.29, 0.717) is 87.5 Å². The molecule has 4 aliphatic rings. The molecule has 2 saturated heterocycles. The van der Waals surface area contributed by atoms with E-state index >= 15 is 0 Å². The molecule has 8 rings (SSSR count). The topological polar surface area (TPSA) is 126 Å². The highest BCUT2D eigenvalue weighted by Crippen LogP contribution is 2.40. The number of nitrogens with zero attached hydrogens (tertiary/aromatic N) is 5. The van der Waals surface area contributed by atoms with Gasteiger partial charge in [-0.15, -0.1) is 0 Å². The molecule has 1 amide bonds. The summed E-state index contributed by atoms with van der Waals surface area (Å²) >= 11 is 0. The molecule has 0 spiro atoms. The molecule has 2 bridgehead atoms. The summed E-state index contributed by atoms with van der Waals surface area (Å²) in [6, 6.07) is 21.0. The van der Waals surface area contributed by atoms with Gasteiger partial charge in [0.2, 0.25) is 0 Å². The van der Waals surface area contributed by atoms with Gasteiger partial charge in [0.05, 0.1) is 16.3 Å². The maximum atomic E-state index is 13.9. The van der Waals surface area contributed by atoms with E-state index in [9.17, 15) is 18.0 Å². The van der Waals surface area contributed by atoms with Gasteiger partial charge in [0, 0.05) is 81.3 Å². The van der Waals surface area contributed by atoms with Crippen molar-refractivity contribution in [2.24, 2.45) is 5.92 Å². The summed E-state index contributed by atoms with van der Waals surface area (Å²) in [6.07, 6.45) is 2.72. The fourth-order valence-corrected chi connectivity index (χ4v) is 8.46. The van der Waals surface area contributed by atoms with Crippen LogP contribution in [0.3, 0.4) is 0 Å². The molecule has 2 fully saturated rings. The second-order valence-corrected chi connectivity index (χ2v) is 14.4. The predicted molar refractivity (Wildman–Crippen MR) is 181 cm³/mol. The summed E-state index contributed by atoms with van der Waals surface area (Å²) in [5, 5.41) is 0. The second-order valence-electron chi connectivity index (χ2n) is 12.7. The van der Waals surface area contributed by atoms with Gasteiger partial charge in [0.15, 0.2) is 11.5 Å². The number of piperazine rings is 1. The maximum absolute atomic E-state index is 13.9. The molecule has 2 unspecified atom stereocenters. The van der Waals surface area contributed by atoms with E-state index in [1.54, 1.807) is 41.4 Å². The Labute approximate surface area is 278 Å². The number of carbonyl (C=O) groups excluding carboxylic acids is 1. The van der Waals surface area contributed by atoms with Crippen LogP contribution in [-0.4, -0.2) is 81.3 Å². The number of ether oxygens (including phenoxy) is 2. The van der Waals surface area contributed by atoms with Crippen LogP contribution in [-0.2, 0) is 16.6 Å². The number of carbonyl (C=O) groups is 1. The first kappa shape index (κ1) is 30.3. The minimum atomic E-state index is -4.08. The van der Waals surface area contributed by atoms with Crippen LogP contribution >= 0.6 is 0 Å². The molecule has 2 atom stereocenters. The van der Waals surface area contributed by atoms with E-state index in [1.807, 2.05) is 34.9 Å². The number of rotatable bonds is 6. The normalized spacial score (nSPS) is 20.2. The third-order valence-corrected chi connectivity index (χ3v) is 11.0. The lowest BCUT2D eigenvalue weighted by Gasteiger charge is -2.44. The summed E-state index contributed by atoms with van der Waals surface area (Å²) in [5.74, 6) is 1.92. The maximum Gasteiger partial charge on any atom is 0.262 e. The van der Waals surface area contributed by atoms with Crippen LogP contribution < -0.4 is 29.6 Å². The number of aromatic nitrogens is 2. The van der Waals surface area contributed by atoms with E-state index in [-0.39, 0.29) is 28.2 Å². The summed E-state index contributed by atoms with van der Waals surface area (Å²) in [6.45, 7) is 4.93. The standard InChI is InChI=1S/C35H36N6O6S/c42-34-6-3-4-29-26-18-24(22-41(29)34)21-40(23-26)30-9-7-25(35(43)39-14-12-38(13-15-39)33-5-1-2-11-36-33)19-28(30)37-48(44,45)27-8-10-31-32(20-27)47-17-16-46-31/h1-11,19-20,24,26,37H,12-18,21-23H2. The Morgan fingerprint density at radius 1 is 0.833 bits per heavy atom. The Kier molecular flexibility index (Phi) is 7.70. The molecule has 0 saturated carbocycles. The zero-order valence-corrected chi connectivity index (χ0v) is 27.1. The number of hydrogen-bond acceptors (Lipinski definition) is 9. The van der Waals surface area contributed by atoms with Crippen LogP contribution in [0.25, 0.3) is 0 Å². The van der Waals surface area contributed by atoms with E-state index in [0.717, 1.165) is 17.9 Å². The van der Waals surface area contributed by atoms with Gasteiger partial charge < -0.3 is 28.7 Å². The van der Waals surface area contributed by atoms with Crippen LogP contribution in [0.4, 0.5) is 17.2 Å². The molecule has 248 valence electrons. The third-order valence-electron chi connectivity index (χ3n) is 9.67. The number of hydrogen-bond donors (Lipinski definition) is 1. The summed E-state index contributed by atoms with van der Waals surface area (Å²) < 4.78 is 43.7. The number of anilines is 3. The van der Waals surface area contributed by atoms with Gasteiger partial charge in [0.25, 0.3) is 21.5 Å². The highest BCUT2D eigenvalue weighted by molar-refractivity contribution is 7.92. The average molecular weight is 669 g/mol. The average Bonchev–Trinajstić information content (AvgIpc) is 3.12. The van der Waals surface area contributed by atoms with Crippen molar-refractivity contribution in [2.75, 3.05) is 67.0 Å². The lowest BCUT2D eigenvalue weighted by molar-refractivity contribution is 0.0746. The fraction of sp³-hybridized carbons (Fsp3) is 0.343. The molecule has 13 heteroatoms. The predicted octanol–water partition coefficient (Wildman–Crippen LogP) is 3.40. The van der Waals surface area contributed by atoms with Crippen molar-refractivity contribution in [1.29, 1.82) is 0 Å². The van der Waals surface area contributed by atoms with Gasteiger partial charge in [-0.25, -0.2) is 13.4 Å². The van der Waals surface area contributed by atoms with Crippen LogP contribution in [0.5, 0.6) is 11.5 Å². The Morgan fingerprint density at radius 2 is 1.67 bits per heavy atom. The number of sulfonamides is 1. The van der Waals surface area contributed by atoms with Crippen molar-refractivity contribution in [3.8, 4) is 11.5 Å². The molecule has 0 radical (unpaired) electrons. The molecule has 2 aromatic heterocycles. The van der Waals surface area contributed by atoms with Gasteiger partial charge >= 0.3 is 0 Å². The first-order chi connectivity index (χ1) is 23.3. The van der Waals surface area contributed by atoms with Crippen molar-refractivity contribution in [3.05, 3.63) is 101 Å². The fourth-order valence-electron chi connectivity index (χ4n) is 7.38. The molecule has 1 N–H and O–H groups in total. The van der Waals surface area contributed by atoms with Gasteiger partial charge in [-0.3, -0.25) is 14.3 Å². The monoisotopic (exact) mass is 668 g/mol. The number of pyridine rings is 2. The number of piperidine rings is 1. The largest absolute Gasteiger partial charge is 0.486 e. The Morgan fingerprint density at radius 3 is 2.48 bits per heavy atom. The second kappa shape index (κ2) is 12.2. The Bertz CT molecular complexity index is 2030. The lowest BCUT2D eigenvalue weighted by Crippen LogP contribution is -2.49. The van der Waals surface area contributed by atoms with Crippen LogP contribution in [0.1, 0.15) is 28.4 Å². The summed E-state index contributed by atoms with van der Waals surface area (Å²) in [5.41, 5.74) is 2.42. The van der Waals surface area contributed by atoms with E-state index in [2.05, 4.69) is 19.5 Å². The minimum absolute atomic E-state index is 0.00672. The highest BCUT2D eigenvalue weighted by atomic mass is 32.2. The van der Waals surface area contributed by atoms with Gasteiger partial charge in [-0.2, -0.15) is 0 Å². The van der Waals surface area contributed by atoms with Crippen molar-refractivity contribution in [2.45, 2.75) is 23.8 Å². The summed E-state index contributed by atoms with van der Waals surface area (Å²) in [7, 11) is -4.08. The number of benzene rings is 2. The summed E-state index contributed by atoms with van der Waals surface area (Å²) in [4.78, 5) is 37.1. The number of fused-ring (bicyclic) bond motifs is 5. The highest BCUT2D eigenvalue weighted by Gasteiger charge is 2.36. The van der Waals surface area contributed by atoms with Crippen molar-refractivity contribution < 1.29 is 22.7 Å². The molecule has 6 heterocycles. The number of amides is 1. The Hall–Kier alpha value is -5.04.